The van der Waals surface area contributed by atoms with Crippen LogP contribution in [0.1, 0.15) is 10.4 Å². The van der Waals surface area contributed by atoms with Crippen LogP contribution in [0.4, 0.5) is 10.1 Å². The second kappa shape index (κ2) is 8.69. The fourth-order valence-electron chi connectivity index (χ4n) is 3.06. The SMILES string of the molecule is O=C(C[NH+]1CCN(C(=O)c2cc(Cl)cc(Cl)c2)CC1)Nc1cccc(F)c1. The van der Waals surface area contributed by atoms with Gasteiger partial charge in [0.1, 0.15) is 5.82 Å². The zero-order valence-corrected chi connectivity index (χ0v) is 16.0. The molecule has 0 radical (unpaired) electrons. The Bertz CT molecular complexity index is 834. The summed E-state index contributed by atoms with van der Waals surface area (Å²) in [5.41, 5.74) is 0.894. The van der Waals surface area contributed by atoms with E-state index in [1.807, 2.05) is 0 Å². The smallest absolute Gasteiger partial charge is 0.279 e. The van der Waals surface area contributed by atoms with Crippen molar-refractivity contribution in [3.8, 4) is 0 Å². The van der Waals surface area contributed by atoms with Gasteiger partial charge in [-0.3, -0.25) is 9.59 Å². The molecular weight excluding hydrogens is 392 g/mol. The highest BCUT2D eigenvalue weighted by atomic mass is 35.5. The third-order valence-corrected chi connectivity index (χ3v) is 4.82. The summed E-state index contributed by atoms with van der Waals surface area (Å²) in [5, 5.41) is 3.53. The summed E-state index contributed by atoms with van der Waals surface area (Å²) in [6.07, 6.45) is 0. The number of amides is 2. The molecular formula is C19H19Cl2FN3O2+. The van der Waals surface area contributed by atoms with Crippen LogP contribution in [-0.4, -0.2) is 49.4 Å². The summed E-state index contributed by atoms with van der Waals surface area (Å²) in [7, 11) is 0. The second-order valence-corrected chi connectivity index (χ2v) is 7.31. The fraction of sp³-hybridized carbons (Fsp3) is 0.263. The van der Waals surface area contributed by atoms with E-state index in [4.69, 9.17) is 23.2 Å². The Labute approximate surface area is 166 Å². The Kier molecular flexibility index (Phi) is 6.31. The van der Waals surface area contributed by atoms with Crippen molar-refractivity contribution in [1.82, 2.24) is 4.90 Å². The molecule has 1 fully saturated rings. The summed E-state index contributed by atoms with van der Waals surface area (Å²) in [6.45, 7) is 2.63. The maximum absolute atomic E-state index is 13.2. The van der Waals surface area contributed by atoms with Crippen LogP contribution in [0.25, 0.3) is 0 Å². The number of anilines is 1. The number of piperazine rings is 1. The molecule has 8 heteroatoms. The third kappa shape index (κ3) is 5.42. The summed E-state index contributed by atoms with van der Waals surface area (Å²) >= 11 is 11.9. The van der Waals surface area contributed by atoms with Gasteiger partial charge in [0.2, 0.25) is 0 Å². The monoisotopic (exact) mass is 410 g/mol. The van der Waals surface area contributed by atoms with Gasteiger partial charge < -0.3 is 15.1 Å². The molecule has 1 aliphatic rings. The van der Waals surface area contributed by atoms with Crippen molar-refractivity contribution >= 4 is 40.7 Å². The van der Waals surface area contributed by atoms with E-state index in [1.165, 1.54) is 12.1 Å². The van der Waals surface area contributed by atoms with E-state index in [9.17, 15) is 14.0 Å². The van der Waals surface area contributed by atoms with Crippen molar-refractivity contribution < 1.29 is 18.9 Å². The van der Waals surface area contributed by atoms with Crippen molar-refractivity contribution in [3.05, 3.63) is 63.9 Å². The van der Waals surface area contributed by atoms with Gasteiger partial charge in [-0.15, -0.1) is 0 Å². The first-order chi connectivity index (χ1) is 12.9. The van der Waals surface area contributed by atoms with Gasteiger partial charge in [0.25, 0.3) is 11.8 Å². The van der Waals surface area contributed by atoms with Crippen LogP contribution >= 0.6 is 23.2 Å². The van der Waals surface area contributed by atoms with Crippen LogP contribution in [0.15, 0.2) is 42.5 Å². The summed E-state index contributed by atoms with van der Waals surface area (Å²) in [4.78, 5) is 27.5. The van der Waals surface area contributed by atoms with E-state index in [1.54, 1.807) is 35.2 Å². The van der Waals surface area contributed by atoms with E-state index < -0.39 is 5.82 Å². The molecule has 2 aromatic rings. The predicted octanol–water partition coefficient (Wildman–Crippen LogP) is 2.11. The van der Waals surface area contributed by atoms with Gasteiger partial charge in [-0.05, 0) is 36.4 Å². The van der Waals surface area contributed by atoms with Crippen LogP contribution in [0.3, 0.4) is 0 Å². The molecule has 3 rings (SSSR count). The topological polar surface area (TPSA) is 53.9 Å². The lowest BCUT2D eigenvalue weighted by Gasteiger charge is -2.32. The highest BCUT2D eigenvalue weighted by Crippen LogP contribution is 2.20. The Morgan fingerprint density at radius 1 is 1.07 bits per heavy atom. The largest absolute Gasteiger partial charge is 0.327 e. The van der Waals surface area contributed by atoms with Crippen molar-refractivity contribution in [2.24, 2.45) is 0 Å². The number of nitrogens with zero attached hydrogens (tertiary/aromatic N) is 1. The molecule has 27 heavy (non-hydrogen) atoms. The average molecular weight is 411 g/mol. The van der Waals surface area contributed by atoms with Gasteiger partial charge in [-0.1, -0.05) is 29.3 Å². The van der Waals surface area contributed by atoms with E-state index in [0.29, 0.717) is 47.5 Å². The number of benzene rings is 2. The predicted molar refractivity (Wildman–Crippen MR) is 103 cm³/mol. The van der Waals surface area contributed by atoms with Gasteiger partial charge in [0.05, 0.1) is 26.2 Å². The first kappa shape index (κ1) is 19.6. The number of nitrogens with one attached hydrogen (secondary N) is 2. The molecule has 2 amide bonds. The van der Waals surface area contributed by atoms with Crippen LogP contribution in [0, 0.1) is 5.82 Å². The minimum atomic E-state index is -0.395. The lowest BCUT2D eigenvalue weighted by Crippen LogP contribution is -3.15. The number of halogens is 3. The Hall–Kier alpha value is -2.15. The summed E-state index contributed by atoms with van der Waals surface area (Å²) in [6, 6.07) is 10.6. The van der Waals surface area contributed by atoms with E-state index in [0.717, 1.165) is 4.90 Å². The van der Waals surface area contributed by atoms with Gasteiger partial charge in [-0.2, -0.15) is 0 Å². The number of quaternary nitrogens is 1. The number of hydrogen-bond donors (Lipinski definition) is 2. The first-order valence-corrected chi connectivity index (χ1v) is 9.30. The molecule has 0 atom stereocenters. The van der Waals surface area contributed by atoms with Crippen molar-refractivity contribution in [2.45, 2.75) is 0 Å². The molecule has 5 nitrogen and oxygen atoms in total. The molecule has 0 saturated carbocycles. The lowest BCUT2D eigenvalue weighted by atomic mass is 10.2. The molecule has 1 saturated heterocycles. The number of carbonyl (C=O) groups excluding carboxylic acids is 2. The fourth-order valence-corrected chi connectivity index (χ4v) is 3.59. The van der Waals surface area contributed by atoms with Crippen LogP contribution in [-0.2, 0) is 4.79 Å². The maximum atomic E-state index is 13.2. The molecule has 0 aliphatic carbocycles. The van der Waals surface area contributed by atoms with Gasteiger partial charge >= 0.3 is 0 Å². The van der Waals surface area contributed by atoms with Gasteiger partial charge in [0, 0.05) is 21.3 Å². The normalized spacial score (nSPS) is 14.9. The minimum absolute atomic E-state index is 0.123. The summed E-state index contributed by atoms with van der Waals surface area (Å²) in [5.74, 6) is -0.701. The molecule has 0 unspecified atom stereocenters. The quantitative estimate of drug-likeness (QED) is 0.810. The minimum Gasteiger partial charge on any atom is -0.327 e. The first-order valence-electron chi connectivity index (χ1n) is 8.55. The zero-order valence-electron chi connectivity index (χ0n) is 14.5. The second-order valence-electron chi connectivity index (χ2n) is 6.44. The average Bonchev–Trinajstić information content (AvgIpc) is 2.61. The molecule has 0 spiro atoms. The molecule has 0 bridgehead atoms. The highest BCUT2D eigenvalue weighted by molar-refractivity contribution is 6.35. The molecule has 1 aliphatic heterocycles. The van der Waals surface area contributed by atoms with Crippen LogP contribution in [0.2, 0.25) is 10.0 Å². The zero-order chi connectivity index (χ0) is 19.4. The van der Waals surface area contributed by atoms with Crippen LogP contribution < -0.4 is 10.2 Å². The maximum Gasteiger partial charge on any atom is 0.279 e. The molecule has 2 aromatic carbocycles. The lowest BCUT2D eigenvalue weighted by molar-refractivity contribution is -0.895. The van der Waals surface area contributed by atoms with Crippen molar-refractivity contribution in [1.29, 1.82) is 0 Å². The molecule has 0 aromatic heterocycles. The molecule has 2 N–H and O–H groups in total. The Morgan fingerprint density at radius 3 is 2.37 bits per heavy atom. The Balaban J connectivity index is 1.51. The standard InChI is InChI=1S/C19H18Cl2FN3O2/c20-14-8-13(9-15(21)10-14)19(27)25-6-4-24(5-7-25)12-18(26)23-17-3-1-2-16(22)11-17/h1-3,8-11H,4-7,12H2,(H,23,26)/p+1. The van der Waals surface area contributed by atoms with Crippen LogP contribution in [0.5, 0.6) is 0 Å². The third-order valence-electron chi connectivity index (χ3n) is 4.39. The van der Waals surface area contributed by atoms with Crippen molar-refractivity contribution in [3.63, 3.8) is 0 Å². The number of rotatable bonds is 4. The Morgan fingerprint density at radius 2 is 1.74 bits per heavy atom. The van der Waals surface area contributed by atoms with E-state index in [2.05, 4.69) is 5.32 Å². The highest BCUT2D eigenvalue weighted by Gasteiger charge is 2.26. The van der Waals surface area contributed by atoms with E-state index >= 15 is 0 Å². The molecule has 142 valence electrons. The number of hydrogen-bond acceptors (Lipinski definition) is 2. The number of carbonyl (C=O) groups is 2. The van der Waals surface area contributed by atoms with Gasteiger partial charge in [0.15, 0.2) is 6.54 Å². The van der Waals surface area contributed by atoms with E-state index in [-0.39, 0.29) is 18.4 Å². The van der Waals surface area contributed by atoms with Crippen molar-refractivity contribution in [2.75, 3.05) is 38.0 Å². The molecule has 1 heterocycles. The summed E-state index contributed by atoms with van der Waals surface area (Å²) < 4.78 is 13.2. The van der Waals surface area contributed by atoms with Gasteiger partial charge in [-0.25, -0.2) is 4.39 Å².